The summed E-state index contributed by atoms with van der Waals surface area (Å²) in [6.45, 7) is 3.57. The van der Waals surface area contributed by atoms with E-state index in [0.717, 1.165) is 42.3 Å². The predicted octanol–water partition coefficient (Wildman–Crippen LogP) is 2.51. The van der Waals surface area contributed by atoms with Gasteiger partial charge in [-0.1, -0.05) is 18.2 Å². The molecule has 1 aliphatic heterocycles. The molecule has 0 saturated heterocycles. The number of carbonyl (C=O) groups is 1. The van der Waals surface area contributed by atoms with Gasteiger partial charge in [-0.15, -0.1) is 0 Å². The summed E-state index contributed by atoms with van der Waals surface area (Å²) >= 11 is 0. The minimum absolute atomic E-state index is 0.229. The van der Waals surface area contributed by atoms with Crippen molar-refractivity contribution in [1.82, 2.24) is 25.0 Å². The Bertz CT molecular complexity index is 1110. The molecule has 0 aliphatic carbocycles. The zero-order valence-corrected chi connectivity index (χ0v) is 15.4. The molecular formula is C21H21N5O2. The van der Waals surface area contributed by atoms with Gasteiger partial charge in [0.2, 0.25) is 0 Å². The molecule has 4 aromatic rings. The van der Waals surface area contributed by atoms with Crippen molar-refractivity contribution in [3.8, 4) is 0 Å². The molecule has 4 heterocycles. The lowest BCUT2D eigenvalue weighted by atomic mass is 10.2. The average Bonchev–Trinajstić information content (AvgIpc) is 3.45. The van der Waals surface area contributed by atoms with Crippen LogP contribution in [0.5, 0.6) is 0 Å². The first-order valence-corrected chi connectivity index (χ1v) is 9.43. The number of rotatable bonds is 5. The summed E-state index contributed by atoms with van der Waals surface area (Å²) in [6.07, 6.45) is 2.03. The molecular weight excluding hydrogens is 354 g/mol. The summed E-state index contributed by atoms with van der Waals surface area (Å²) in [7, 11) is 0. The highest BCUT2D eigenvalue weighted by atomic mass is 16.4. The van der Waals surface area contributed by atoms with Crippen molar-refractivity contribution in [3.05, 3.63) is 77.6 Å². The number of hydrogen-bond acceptors (Lipinski definition) is 4. The first-order chi connectivity index (χ1) is 13.8. The van der Waals surface area contributed by atoms with E-state index in [1.165, 1.54) is 5.39 Å². The second-order valence-corrected chi connectivity index (χ2v) is 6.98. The van der Waals surface area contributed by atoms with E-state index >= 15 is 0 Å². The van der Waals surface area contributed by atoms with Crippen molar-refractivity contribution < 1.29 is 9.21 Å². The highest BCUT2D eigenvalue weighted by Gasteiger charge is 2.15. The number of para-hydroxylation sites is 1. The van der Waals surface area contributed by atoms with Crippen molar-refractivity contribution in [2.75, 3.05) is 6.54 Å². The first kappa shape index (κ1) is 16.8. The number of furan rings is 1. The van der Waals surface area contributed by atoms with Crippen LogP contribution in [0.25, 0.3) is 10.9 Å². The zero-order chi connectivity index (χ0) is 18.9. The molecule has 28 heavy (non-hydrogen) atoms. The van der Waals surface area contributed by atoms with Gasteiger partial charge in [0, 0.05) is 24.8 Å². The maximum atomic E-state index is 12.4. The van der Waals surface area contributed by atoms with Gasteiger partial charge in [-0.25, -0.2) is 0 Å². The molecule has 7 nitrogen and oxygen atoms in total. The number of aromatic nitrogens is 3. The fourth-order valence-corrected chi connectivity index (χ4v) is 3.63. The van der Waals surface area contributed by atoms with Crippen LogP contribution in [0.4, 0.5) is 0 Å². The molecule has 1 aromatic carbocycles. The Hall–Kier alpha value is -3.32. The highest BCUT2D eigenvalue weighted by molar-refractivity contribution is 5.91. The van der Waals surface area contributed by atoms with Gasteiger partial charge in [0.15, 0.2) is 5.76 Å². The normalized spacial score (nSPS) is 13.6. The number of carbonyl (C=O) groups excluding carboxylic acids is 1. The molecule has 0 bridgehead atoms. The summed E-state index contributed by atoms with van der Waals surface area (Å²) in [5.41, 5.74) is 3.15. The molecule has 0 atom stereocenters. The Morgan fingerprint density at radius 1 is 1.21 bits per heavy atom. The quantitative estimate of drug-likeness (QED) is 0.562. The molecule has 3 aromatic heterocycles. The Labute approximate surface area is 161 Å². The lowest BCUT2D eigenvalue weighted by Crippen LogP contribution is -2.28. The molecule has 0 spiro atoms. The monoisotopic (exact) mass is 375 g/mol. The van der Waals surface area contributed by atoms with E-state index in [0.29, 0.717) is 18.8 Å². The number of amides is 1. The van der Waals surface area contributed by atoms with E-state index in [1.807, 2.05) is 35.1 Å². The van der Waals surface area contributed by atoms with Crippen LogP contribution in [-0.2, 0) is 26.2 Å². The third-order valence-corrected chi connectivity index (χ3v) is 5.04. The van der Waals surface area contributed by atoms with Crippen LogP contribution in [0.1, 0.15) is 27.7 Å². The summed E-state index contributed by atoms with van der Waals surface area (Å²) in [4.78, 5) is 12.4. The Kier molecular flexibility index (Phi) is 4.21. The minimum Gasteiger partial charge on any atom is -0.454 e. The van der Waals surface area contributed by atoms with E-state index in [1.54, 1.807) is 6.07 Å². The van der Waals surface area contributed by atoms with Crippen molar-refractivity contribution >= 4 is 16.8 Å². The molecule has 7 heteroatoms. The second-order valence-electron chi connectivity index (χ2n) is 6.98. The van der Waals surface area contributed by atoms with Crippen molar-refractivity contribution in [2.45, 2.75) is 26.2 Å². The number of nitrogens with zero attached hydrogens (tertiary/aromatic N) is 3. The maximum Gasteiger partial charge on any atom is 0.287 e. The fourth-order valence-electron chi connectivity index (χ4n) is 3.63. The molecule has 5 rings (SSSR count). The van der Waals surface area contributed by atoms with E-state index in [2.05, 4.69) is 38.5 Å². The molecule has 1 aliphatic rings. The standard InChI is InChI=1S/C21H21N5O2/c27-21(23-12-16-11-17-13-22-8-10-26(17)24-16)20-6-5-18(28-20)14-25-9-7-15-3-1-2-4-19(15)25/h1-7,9,11,22H,8,10,12-14H2,(H,23,27). The third kappa shape index (κ3) is 3.20. The van der Waals surface area contributed by atoms with Gasteiger partial charge in [-0.2, -0.15) is 5.10 Å². The second kappa shape index (κ2) is 7.01. The van der Waals surface area contributed by atoms with Gasteiger partial charge in [-0.05, 0) is 35.7 Å². The van der Waals surface area contributed by atoms with Gasteiger partial charge < -0.3 is 19.6 Å². The van der Waals surface area contributed by atoms with E-state index in [9.17, 15) is 4.79 Å². The summed E-state index contributed by atoms with van der Waals surface area (Å²) in [6, 6.07) is 15.9. The predicted molar refractivity (Wildman–Crippen MR) is 105 cm³/mol. The van der Waals surface area contributed by atoms with Gasteiger partial charge >= 0.3 is 0 Å². The summed E-state index contributed by atoms with van der Waals surface area (Å²) in [5.74, 6) is 0.833. The van der Waals surface area contributed by atoms with Crippen LogP contribution in [0.2, 0.25) is 0 Å². The van der Waals surface area contributed by atoms with E-state index in [-0.39, 0.29) is 5.91 Å². The van der Waals surface area contributed by atoms with Crippen molar-refractivity contribution in [2.24, 2.45) is 0 Å². The van der Waals surface area contributed by atoms with Crippen LogP contribution in [0.3, 0.4) is 0 Å². The molecule has 2 N–H and O–H groups in total. The largest absolute Gasteiger partial charge is 0.454 e. The van der Waals surface area contributed by atoms with Gasteiger partial charge in [-0.3, -0.25) is 9.48 Å². The minimum atomic E-state index is -0.229. The third-order valence-electron chi connectivity index (χ3n) is 5.04. The number of benzene rings is 1. The summed E-state index contributed by atoms with van der Waals surface area (Å²) < 4.78 is 9.87. The van der Waals surface area contributed by atoms with Crippen LogP contribution in [0.15, 0.2) is 59.1 Å². The molecule has 142 valence electrons. The van der Waals surface area contributed by atoms with Crippen molar-refractivity contribution in [1.29, 1.82) is 0 Å². The lowest BCUT2D eigenvalue weighted by Gasteiger charge is -2.13. The Morgan fingerprint density at radius 3 is 3.07 bits per heavy atom. The first-order valence-electron chi connectivity index (χ1n) is 9.43. The average molecular weight is 375 g/mol. The Morgan fingerprint density at radius 2 is 2.14 bits per heavy atom. The molecule has 1 amide bonds. The molecule has 0 radical (unpaired) electrons. The van der Waals surface area contributed by atoms with Crippen LogP contribution in [0, 0.1) is 0 Å². The highest BCUT2D eigenvalue weighted by Crippen LogP contribution is 2.18. The van der Waals surface area contributed by atoms with Crippen LogP contribution < -0.4 is 10.6 Å². The maximum absolute atomic E-state index is 12.4. The number of hydrogen-bond donors (Lipinski definition) is 2. The van der Waals surface area contributed by atoms with Crippen LogP contribution in [-0.4, -0.2) is 26.8 Å². The van der Waals surface area contributed by atoms with E-state index < -0.39 is 0 Å². The zero-order valence-electron chi connectivity index (χ0n) is 15.4. The smallest absolute Gasteiger partial charge is 0.287 e. The van der Waals surface area contributed by atoms with Gasteiger partial charge in [0.25, 0.3) is 5.91 Å². The van der Waals surface area contributed by atoms with E-state index in [4.69, 9.17) is 4.42 Å². The lowest BCUT2D eigenvalue weighted by molar-refractivity contribution is 0.0920. The van der Waals surface area contributed by atoms with Gasteiger partial charge in [0.1, 0.15) is 5.76 Å². The Balaban J connectivity index is 1.24. The van der Waals surface area contributed by atoms with Gasteiger partial charge in [0.05, 0.1) is 31.0 Å². The topological polar surface area (TPSA) is 77.0 Å². The molecule has 0 fully saturated rings. The number of fused-ring (bicyclic) bond motifs is 2. The summed E-state index contributed by atoms with van der Waals surface area (Å²) in [5, 5.41) is 11.9. The fraction of sp³-hybridized carbons (Fsp3) is 0.238. The van der Waals surface area contributed by atoms with Crippen molar-refractivity contribution in [3.63, 3.8) is 0 Å². The number of nitrogens with one attached hydrogen (secondary N) is 2. The molecule has 0 saturated carbocycles. The molecule has 0 unspecified atom stereocenters. The van der Waals surface area contributed by atoms with Crippen LogP contribution >= 0.6 is 0 Å². The SMILES string of the molecule is O=C(NCc1cc2n(n1)CCNC2)c1ccc(Cn2ccc3ccccc32)o1.